The molecule has 9 nitrogen and oxygen atoms in total. The monoisotopic (exact) mass is 285 g/mol. The van der Waals surface area contributed by atoms with Gasteiger partial charge in [0.25, 0.3) is 5.91 Å². The Labute approximate surface area is 114 Å². The Morgan fingerprint density at radius 3 is 2.65 bits per heavy atom. The maximum absolute atomic E-state index is 11.3. The van der Waals surface area contributed by atoms with Crippen LogP contribution in [0.15, 0.2) is 18.2 Å². The van der Waals surface area contributed by atoms with Gasteiger partial charge in [0, 0.05) is 18.2 Å². The quantitative estimate of drug-likeness (QED) is 0.273. The van der Waals surface area contributed by atoms with Crippen molar-refractivity contribution in [2.45, 2.75) is 25.6 Å². The minimum Gasteiger partial charge on any atom is -0.502 e. The highest BCUT2D eigenvalue weighted by Gasteiger charge is 2.24. The predicted octanol–water partition coefficient (Wildman–Crippen LogP) is -0.355. The molecule has 0 radical (unpaired) electrons. The first kappa shape index (κ1) is 15.8. The summed E-state index contributed by atoms with van der Waals surface area (Å²) in [4.78, 5) is 21.2. The molecule has 0 bridgehead atoms. The van der Waals surface area contributed by atoms with Crippen molar-refractivity contribution < 1.29 is 25.1 Å². The number of rotatable bonds is 6. The minimum atomic E-state index is -1.13. The predicted molar refractivity (Wildman–Crippen MR) is 67.0 cm³/mol. The van der Waals surface area contributed by atoms with Crippen LogP contribution in [-0.2, 0) is 11.3 Å². The van der Waals surface area contributed by atoms with Gasteiger partial charge in [-0.2, -0.15) is 0 Å². The Hall–Kier alpha value is -2.23. The summed E-state index contributed by atoms with van der Waals surface area (Å²) in [5, 5.41) is 40.9. The van der Waals surface area contributed by atoms with Crippen LogP contribution in [0, 0.1) is 10.1 Å². The number of phenols is 1. The molecule has 0 fully saturated rings. The summed E-state index contributed by atoms with van der Waals surface area (Å²) in [6.07, 6.45) is -1.11. The zero-order chi connectivity index (χ0) is 15.3. The molecule has 0 unspecified atom stereocenters. The van der Waals surface area contributed by atoms with Crippen molar-refractivity contribution in [3.8, 4) is 5.75 Å². The van der Waals surface area contributed by atoms with Crippen LogP contribution in [0.3, 0.4) is 0 Å². The van der Waals surface area contributed by atoms with E-state index in [9.17, 15) is 25.1 Å². The first-order valence-corrected chi connectivity index (χ1v) is 5.69. The number of aliphatic hydroxyl groups is 1. The smallest absolute Gasteiger partial charge is 0.311 e. The third-order valence-electron chi connectivity index (χ3n) is 2.68. The van der Waals surface area contributed by atoms with E-state index in [1.54, 1.807) is 0 Å². The summed E-state index contributed by atoms with van der Waals surface area (Å²) < 4.78 is 0. The van der Waals surface area contributed by atoms with Crippen LogP contribution in [0.1, 0.15) is 12.5 Å². The third kappa shape index (κ3) is 3.63. The average Bonchev–Trinajstić information content (AvgIpc) is 2.39. The van der Waals surface area contributed by atoms with E-state index in [0.717, 1.165) is 6.07 Å². The van der Waals surface area contributed by atoms with Gasteiger partial charge >= 0.3 is 5.69 Å². The topological polar surface area (TPSA) is 145 Å². The Bertz CT molecular complexity index is 505. The molecule has 0 aromatic heterocycles. The van der Waals surface area contributed by atoms with Crippen molar-refractivity contribution in [3.05, 3.63) is 33.9 Å². The van der Waals surface area contributed by atoms with Gasteiger partial charge in [0.2, 0.25) is 0 Å². The first-order valence-electron chi connectivity index (χ1n) is 5.69. The lowest BCUT2D eigenvalue weighted by Gasteiger charge is -2.19. The maximum atomic E-state index is 11.3. The van der Waals surface area contributed by atoms with E-state index in [0.29, 0.717) is 0 Å². The zero-order valence-electron chi connectivity index (χ0n) is 10.6. The summed E-state index contributed by atoms with van der Waals surface area (Å²) in [5.41, 5.74) is 1.13. The lowest BCUT2D eigenvalue weighted by atomic mass is 10.1. The summed E-state index contributed by atoms with van der Waals surface area (Å²) in [6.45, 7) is 1.23. The Balaban J connectivity index is 2.86. The van der Waals surface area contributed by atoms with Gasteiger partial charge in [-0.25, -0.2) is 5.48 Å². The van der Waals surface area contributed by atoms with Gasteiger partial charge in [0.15, 0.2) is 5.75 Å². The van der Waals surface area contributed by atoms with Crippen molar-refractivity contribution in [2.24, 2.45) is 0 Å². The molecule has 0 heterocycles. The van der Waals surface area contributed by atoms with Crippen molar-refractivity contribution in [1.29, 1.82) is 0 Å². The third-order valence-corrected chi connectivity index (χ3v) is 2.68. The number of hydrogen-bond acceptors (Lipinski definition) is 7. The number of amides is 1. The SMILES string of the molecule is C[C@@H](O)[C@H](NCc1cccc([N+](=O)[O-])c1O)C(=O)NO. The molecule has 20 heavy (non-hydrogen) atoms. The van der Waals surface area contributed by atoms with Crippen LogP contribution in [0.5, 0.6) is 5.75 Å². The number of aliphatic hydroxyl groups excluding tert-OH is 1. The number of carbonyl (C=O) groups is 1. The fourth-order valence-corrected chi connectivity index (χ4v) is 1.64. The van der Waals surface area contributed by atoms with Crippen LogP contribution in [-0.4, -0.2) is 38.4 Å². The van der Waals surface area contributed by atoms with Gasteiger partial charge in [-0.05, 0) is 6.92 Å². The van der Waals surface area contributed by atoms with E-state index < -0.39 is 34.4 Å². The highest BCUT2D eigenvalue weighted by Crippen LogP contribution is 2.29. The molecule has 0 saturated heterocycles. The Kier molecular flexibility index (Phi) is 5.38. The molecular weight excluding hydrogens is 270 g/mol. The summed E-state index contributed by atoms with van der Waals surface area (Å²) >= 11 is 0. The normalized spacial score (nSPS) is 13.6. The van der Waals surface area contributed by atoms with Gasteiger partial charge in [-0.1, -0.05) is 12.1 Å². The van der Waals surface area contributed by atoms with Gasteiger partial charge in [0.1, 0.15) is 6.04 Å². The number of carbonyl (C=O) groups excluding carboxylic acids is 1. The molecule has 110 valence electrons. The number of nitrogens with one attached hydrogen (secondary N) is 2. The van der Waals surface area contributed by atoms with Crippen molar-refractivity contribution in [2.75, 3.05) is 0 Å². The number of hydrogen-bond donors (Lipinski definition) is 5. The van der Waals surface area contributed by atoms with E-state index in [1.165, 1.54) is 24.5 Å². The van der Waals surface area contributed by atoms with E-state index in [-0.39, 0.29) is 12.1 Å². The van der Waals surface area contributed by atoms with Crippen LogP contribution in [0.4, 0.5) is 5.69 Å². The van der Waals surface area contributed by atoms with Gasteiger partial charge in [0.05, 0.1) is 11.0 Å². The average molecular weight is 285 g/mol. The molecule has 1 aromatic carbocycles. The molecule has 0 saturated carbocycles. The number of nitro groups is 1. The fourth-order valence-electron chi connectivity index (χ4n) is 1.64. The van der Waals surface area contributed by atoms with E-state index in [1.807, 2.05) is 0 Å². The summed E-state index contributed by atoms with van der Waals surface area (Å²) in [5.74, 6) is -1.37. The second-order valence-corrected chi connectivity index (χ2v) is 4.12. The number of hydroxylamine groups is 1. The molecule has 2 atom stereocenters. The number of phenolic OH excluding ortho intramolecular Hbond substituents is 1. The number of nitro benzene ring substituents is 1. The van der Waals surface area contributed by atoms with Crippen LogP contribution in [0.2, 0.25) is 0 Å². The maximum Gasteiger partial charge on any atom is 0.311 e. The molecule has 0 aliphatic heterocycles. The number of para-hydroxylation sites is 1. The summed E-state index contributed by atoms with van der Waals surface area (Å²) in [7, 11) is 0. The molecule has 9 heteroatoms. The number of nitrogens with zero attached hydrogens (tertiary/aromatic N) is 1. The zero-order valence-corrected chi connectivity index (χ0v) is 10.6. The van der Waals surface area contributed by atoms with E-state index in [2.05, 4.69) is 5.32 Å². The van der Waals surface area contributed by atoms with Crippen molar-refractivity contribution >= 4 is 11.6 Å². The van der Waals surface area contributed by atoms with Gasteiger partial charge < -0.3 is 10.2 Å². The number of aromatic hydroxyl groups is 1. The van der Waals surface area contributed by atoms with E-state index in [4.69, 9.17) is 5.21 Å². The second kappa shape index (κ2) is 6.80. The molecule has 1 rings (SSSR count). The molecule has 0 spiro atoms. The van der Waals surface area contributed by atoms with Crippen LogP contribution < -0.4 is 10.8 Å². The molecule has 0 aliphatic carbocycles. The van der Waals surface area contributed by atoms with Crippen molar-refractivity contribution in [3.63, 3.8) is 0 Å². The van der Waals surface area contributed by atoms with Gasteiger partial charge in [-0.3, -0.25) is 25.4 Å². The highest BCUT2D eigenvalue weighted by molar-refractivity contribution is 5.81. The molecule has 1 amide bonds. The van der Waals surface area contributed by atoms with E-state index >= 15 is 0 Å². The number of benzene rings is 1. The van der Waals surface area contributed by atoms with Crippen LogP contribution >= 0.6 is 0 Å². The minimum absolute atomic E-state index is 0.101. The lowest BCUT2D eigenvalue weighted by molar-refractivity contribution is -0.385. The largest absolute Gasteiger partial charge is 0.502 e. The highest BCUT2D eigenvalue weighted by atomic mass is 16.6. The fraction of sp³-hybridized carbons (Fsp3) is 0.364. The Morgan fingerprint density at radius 1 is 1.50 bits per heavy atom. The first-order chi connectivity index (χ1) is 9.38. The second-order valence-electron chi connectivity index (χ2n) is 4.12. The van der Waals surface area contributed by atoms with Crippen molar-refractivity contribution in [1.82, 2.24) is 10.8 Å². The molecule has 5 N–H and O–H groups in total. The van der Waals surface area contributed by atoms with Gasteiger partial charge in [-0.15, -0.1) is 0 Å². The molecule has 0 aliphatic rings. The summed E-state index contributed by atoms with van der Waals surface area (Å²) in [6, 6.07) is 2.84. The van der Waals surface area contributed by atoms with Crippen LogP contribution in [0.25, 0.3) is 0 Å². The molecular formula is C11H15N3O6. The lowest BCUT2D eigenvalue weighted by Crippen LogP contribution is -2.49. The Morgan fingerprint density at radius 2 is 2.15 bits per heavy atom. The molecule has 1 aromatic rings. The standard InChI is InChI=1S/C11H15N3O6/c1-6(15)9(11(17)13-18)12-5-7-3-2-4-8(10(7)16)14(19)20/h2-4,6,9,12,15-16,18H,5H2,1H3,(H,13,17)/t6-,9+/m1/s1.